The largest absolute Gasteiger partial charge is 0.354 e. The SMILES string of the molecule is O=C1NCCc2nc(-c3ccc(N4CCC[C@H](F)C4)nc3)sc21. The van der Waals surface area contributed by atoms with E-state index in [4.69, 9.17) is 0 Å². The third-order valence-corrected chi connectivity index (χ3v) is 5.38. The van der Waals surface area contributed by atoms with Crippen molar-refractivity contribution in [2.75, 3.05) is 24.5 Å². The fourth-order valence-electron chi connectivity index (χ4n) is 3.03. The molecule has 2 aliphatic rings. The molecule has 0 aromatic carbocycles. The van der Waals surface area contributed by atoms with E-state index in [-0.39, 0.29) is 5.91 Å². The van der Waals surface area contributed by atoms with E-state index in [9.17, 15) is 9.18 Å². The normalized spacial score (nSPS) is 21.0. The zero-order valence-corrected chi connectivity index (χ0v) is 13.4. The predicted molar refractivity (Wildman–Crippen MR) is 87.7 cm³/mol. The molecule has 7 heteroatoms. The summed E-state index contributed by atoms with van der Waals surface area (Å²) in [5.41, 5.74) is 1.77. The first-order valence-corrected chi connectivity index (χ1v) is 8.66. The summed E-state index contributed by atoms with van der Waals surface area (Å²) in [5.74, 6) is 0.761. The summed E-state index contributed by atoms with van der Waals surface area (Å²) < 4.78 is 13.5. The summed E-state index contributed by atoms with van der Waals surface area (Å²) in [4.78, 5) is 23.5. The minimum atomic E-state index is -0.769. The Labute approximate surface area is 137 Å². The summed E-state index contributed by atoms with van der Waals surface area (Å²) in [6, 6.07) is 3.86. The highest BCUT2D eigenvalue weighted by molar-refractivity contribution is 7.17. The Bertz CT molecular complexity index is 730. The number of fused-ring (bicyclic) bond motifs is 1. The smallest absolute Gasteiger partial charge is 0.263 e. The molecule has 1 N–H and O–H groups in total. The van der Waals surface area contributed by atoms with Gasteiger partial charge < -0.3 is 10.2 Å². The van der Waals surface area contributed by atoms with Gasteiger partial charge in [-0.25, -0.2) is 14.4 Å². The number of halogens is 1. The lowest BCUT2D eigenvalue weighted by atomic mass is 10.1. The molecular weight excluding hydrogens is 315 g/mol. The van der Waals surface area contributed by atoms with Crippen molar-refractivity contribution in [3.05, 3.63) is 28.9 Å². The average Bonchev–Trinajstić information content (AvgIpc) is 3.01. The number of nitrogens with one attached hydrogen (secondary N) is 1. The van der Waals surface area contributed by atoms with Gasteiger partial charge in [0.05, 0.1) is 12.2 Å². The van der Waals surface area contributed by atoms with Gasteiger partial charge in [-0.2, -0.15) is 0 Å². The molecule has 5 nitrogen and oxygen atoms in total. The van der Waals surface area contributed by atoms with Crippen LogP contribution in [-0.2, 0) is 6.42 Å². The van der Waals surface area contributed by atoms with Gasteiger partial charge in [0.1, 0.15) is 21.9 Å². The van der Waals surface area contributed by atoms with Gasteiger partial charge in [0, 0.05) is 31.3 Å². The zero-order valence-electron chi connectivity index (χ0n) is 12.6. The minimum absolute atomic E-state index is 0.0399. The predicted octanol–water partition coefficient (Wildman–Crippen LogP) is 2.43. The zero-order chi connectivity index (χ0) is 15.8. The molecule has 0 saturated carbocycles. The van der Waals surface area contributed by atoms with Crippen LogP contribution >= 0.6 is 11.3 Å². The second-order valence-electron chi connectivity index (χ2n) is 5.89. The second-order valence-corrected chi connectivity index (χ2v) is 6.89. The lowest BCUT2D eigenvalue weighted by Crippen LogP contribution is -2.36. The molecule has 1 amide bonds. The van der Waals surface area contributed by atoms with E-state index in [1.54, 1.807) is 6.20 Å². The maximum absolute atomic E-state index is 13.5. The Morgan fingerprint density at radius 1 is 1.39 bits per heavy atom. The Kier molecular flexibility index (Phi) is 3.72. The van der Waals surface area contributed by atoms with Crippen LogP contribution in [0.3, 0.4) is 0 Å². The molecule has 23 heavy (non-hydrogen) atoms. The summed E-state index contributed by atoms with van der Waals surface area (Å²) in [5, 5.41) is 3.65. The van der Waals surface area contributed by atoms with E-state index >= 15 is 0 Å². The van der Waals surface area contributed by atoms with Crippen molar-refractivity contribution in [3.8, 4) is 10.6 Å². The van der Waals surface area contributed by atoms with Crippen LogP contribution in [0.5, 0.6) is 0 Å². The van der Waals surface area contributed by atoms with Gasteiger partial charge in [-0.1, -0.05) is 0 Å². The molecule has 2 aliphatic heterocycles. The summed E-state index contributed by atoms with van der Waals surface area (Å²) in [7, 11) is 0. The molecule has 0 aliphatic carbocycles. The molecule has 120 valence electrons. The Balaban J connectivity index is 1.57. The van der Waals surface area contributed by atoms with Gasteiger partial charge in [0.25, 0.3) is 5.91 Å². The first kappa shape index (κ1) is 14.6. The first-order chi connectivity index (χ1) is 11.2. The van der Waals surface area contributed by atoms with E-state index in [2.05, 4.69) is 15.3 Å². The third-order valence-electron chi connectivity index (χ3n) is 4.23. The van der Waals surface area contributed by atoms with Crippen molar-refractivity contribution in [2.24, 2.45) is 0 Å². The number of aromatic nitrogens is 2. The Hall–Kier alpha value is -2.02. The van der Waals surface area contributed by atoms with Crippen LogP contribution in [-0.4, -0.2) is 41.7 Å². The minimum Gasteiger partial charge on any atom is -0.354 e. The topological polar surface area (TPSA) is 58.1 Å². The number of piperidine rings is 1. The Morgan fingerprint density at radius 2 is 2.30 bits per heavy atom. The van der Waals surface area contributed by atoms with E-state index in [1.807, 2.05) is 17.0 Å². The van der Waals surface area contributed by atoms with Crippen molar-refractivity contribution in [1.29, 1.82) is 0 Å². The van der Waals surface area contributed by atoms with E-state index in [1.165, 1.54) is 11.3 Å². The van der Waals surface area contributed by atoms with Crippen molar-refractivity contribution in [1.82, 2.24) is 15.3 Å². The molecule has 2 aromatic rings. The molecule has 1 saturated heterocycles. The van der Waals surface area contributed by atoms with Crippen LogP contribution in [0.15, 0.2) is 18.3 Å². The molecule has 0 radical (unpaired) electrons. The molecule has 1 fully saturated rings. The molecule has 0 spiro atoms. The van der Waals surface area contributed by atoms with Crippen LogP contribution in [0.25, 0.3) is 10.6 Å². The van der Waals surface area contributed by atoms with Gasteiger partial charge in [-0.15, -0.1) is 11.3 Å². The van der Waals surface area contributed by atoms with Gasteiger partial charge >= 0.3 is 0 Å². The highest BCUT2D eigenvalue weighted by Crippen LogP contribution is 2.30. The van der Waals surface area contributed by atoms with Crippen LogP contribution in [0.4, 0.5) is 10.2 Å². The number of thiazole rings is 1. The average molecular weight is 332 g/mol. The van der Waals surface area contributed by atoms with Crippen LogP contribution in [0, 0.1) is 0 Å². The molecule has 1 atom stereocenters. The van der Waals surface area contributed by atoms with Gasteiger partial charge in [-0.05, 0) is 25.0 Å². The summed E-state index contributed by atoms with van der Waals surface area (Å²) in [6.07, 6.45) is 3.27. The van der Waals surface area contributed by atoms with Crippen molar-refractivity contribution >= 4 is 23.1 Å². The number of alkyl halides is 1. The maximum atomic E-state index is 13.5. The number of hydrogen-bond acceptors (Lipinski definition) is 5. The standard InChI is InChI=1S/C16H17FN4OS/c17-11-2-1-7-21(9-11)13-4-3-10(8-19-13)16-20-12-5-6-18-15(22)14(12)23-16/h3-4,8,11H,1-2,5-7,9H2,(H,18,22)/t11-/m0/s1. The number of carbonyl (C=O) groups excluding carboxylic acids is 1. The third kappa shape index (κ3) is 2.81. The van der Waals surface area contributed by atoms with Crippen molar-refractivity contribution in [3.63, 3.8) is 0 Å². The van der Waals surface area contributed by atoms with E-state index < -0.39 is 6.17 Å². The van der Waals surface area contributed by atoms with E-state index in [0.717, 1.165) is 41.5 Å². The molecule has 4 rings (SSSR count). The van der Waals surface area contributed by atoms with Crippen LogP contribution < -0.4 is 10.2 Å². The van der Waals surface area contributed by atoms with Crippen molar-refractivity contribution in [2.45, 2.75) is 25.4 Å². The van der Waals surface area contributed by atoms with Gasteiger partial charge in [-0.3, -0.25) is 4.79 Å². The number of carbonyl (C=O) groups is 1. The fraction of sp³-hybridized carbons (Fsp3) is 0.438. The van der Waals surface area contributed by atoms with Gasteiger partial charge in [0.15, 0.2) is 0 Å². The molecule has 0 unspecified atom stereocenters. The van der Waals surface area contributed by atoms with Crippen molar-refractivity contribution < 1.29 is 9.18 Å². The number of hydrogen-bond donors (Lipinski definition) is 1. The monoisotopic (exact) mass is 332 g/mol. The summed E-state index contributed by atoms with van der Waals surface area (Å²) >= 11 is 1.40. The number of amides is 1. The fourth-order valence-corrected chi connectivity index (χ4v) is 4.05. The van der Waals surface area contributed by atoms with Crippen LogP contribution in [0.2, 0.25) is 0 Å². The lowest BCUT2D eigenvalue weighted by molar-refractivity contribution is 0.0950. The quantitative estimate of drug-likeness (QED) is 0.918. The van der Waals surface area contributed by atoms with Crippen LogP contribution in [0.1, 0.15) is 28.2 Å². The highest BCUT2D eigenvalue weighted by Gasteiger charge is 2.23. The lowest BCUT2D eigenvalue weighted by Gasteiger charge is -2.29. The van der Waals surface area contributed by atoms with Gasteiger partial charge in [0.2, 0.25) is 0 Å². The first-order valence-electron chi connectivity index (χ1n) is 7.84. The second kappa shape index (κ2) is 5.88. The molecule has 4 heterocycles. The number of pyridine rings is 1. The number of rotatable bonds is 2. The van der Waals surface area contributed by atoms with E-state index in [0.29, 0.717) is 24.4 Å². The Morgan fingerprint density at radius 3 is 3.04 bits per heavy atom. The highest BCUT2D eigenvalue weighted by atomic mass is 32.1. The molecule has 2 aromatic heterocycles. The number of nitrogens with zero attached hydrogens (tertiary/aromatic N) is 3. The molecular formula is C16H17FN4OS. The maximum Gasteiger partial charge on any atom is 0.263 e. The molecule has 0 bridgehead atoms. The summed E-state index contributed by atoms with van der Waals surface area (Å²) in [6.45, 7) is 1.90. The number of anilines is 1.